The third-order valence-corrected chi connectivity index (χ3v) is 7.15. The molecule has 0 bridgehead atoms. The molecule has 112 valence electrons. The van der Waals surface area contributed by atoms with Gasteiger partial charge in [-0.05, 0) is 63.7 Å². The number of carboxylic acid groups (broad SMARTS) is 1. The summed E-state index contributed by atoms with van der Waals surface area (Å²) >= 11 is 8.72. The van der Waals surface area contributed by atoms with Gasteiger partial charge in [-0.3, -0.25) is 9.69 Å². The Balaban J connectivity index is 2.07. The lowest BCUT2D eigenvalue weighted by Crippen LogP contribution is -2.47. The van der Waals surface area contributed by atoms with Gasteiger partial charge in [0.05, 0.1) is 9.20 Å². The van der Waals surface area contributed by atoms with Gasteiger partial charge in [0.25, 0.3) is 0 Å². The molecule has 0 spiro atoms. The number of likely N-dealkylation sites (tertiary alicyclic amines) is 1. The first kappa shape index (κ1) is 16.5. The molecule has 1 fully saturated rings. The summed E-state index contributed by atoms with van der Waals surface area (Å²) in [5, 5.41) is 9.61. The highest BCUT2D eigenvalue weighted by atomic mass is 79.9. The summed E-state index contributed by atoms with van der Waals surface area (Å²) in [4.78, 5) is 15.2. The second-order valence-corrected chi connectivity index (χ2v) is 8.79. The van der Waals surface area contributed by atoms with Crippen molar-refractivity contribution in [3.8, 4) is 0 Å². The van der Waals surface area contributed by atoms with E-state index in [1.54, 1.807) is 11.3 Å². The second kappa shape index (κ2) is 6.90. The number of hydrogen-bond donors (Lipinski definition) is 1. The number of carboxylic acids is 1. The first-order valence-electron chi connectivity index (χ1n) is 6.86. The fraction of sp³-hybridized carbons (Fsp3) is 0.643. The van der Waals surface area contributed by atoms with Crippen LogP contribution in [0.1, 0.15) is 37.5 Å². The van der Waals surface area contributed by atoms with Crippen molar-refractivity contribution in [1.29, 1.82) is 0 Å². The zero-order valence-electron chi connectivity index (χ0n) is 11.5. The van der Waals surface area contributed by atoms with Crippen LogP contribution in [-0.2, 0) is 11.3 Å². The van der Waals surface area contributed by atoms with Gasteiger partial charge in [0.15, 0.2) is 0 Å². The Morgan fingerprint density at radius 2 is 2.30 bits per heavy atom. The van der Waals surface area contributed by atoms with Crippen molar-refractivity contribution in [2.24, 2.45) is 5.41 Å². The van der Waals surface area contributed by atoms with Crippen molar-refractivity contribution in [3.05, 3.63) is 19.2 Å². The number of rotatable bonds is 5. The Morgan fingerprint density at radius 3 is 2.85 bits per heavy atom. The minimum Gasteiger partial charge on any atom is -0.481 e. The van der Waals surface area contributed by atoms with Crippen LogP contribution in [0.15, 0.2) is 14.3 Å². The largest absolute Gasteiger partial charge is 0.481 e. The predicted molar refractivity (Wildman–Crippen MR) is 89.2 cm³/mol. The van der Waals surface area contributed by atoms with Crippen LogP contribution in [-0.4, -0.2) is 29.1 Å². The number of piperidine rings is 1. The predicted octanol–water partition coefficient (Wildman–Crippen LogP) is 4.74. The van der Waals surface area contributed by atoms with Crippen LogP contribution >= 0.6 is 43.2 Å². The first-order valence-corrected chi connectivity index (χ1v) is 9.26. The lowest BCUT2D eigenvalue weighted by molar-refractivity contribution is -0.153. The number of carbonyl (C=O) groups is 1. The number of nitrogens with zero attached hydrogens (tertiary/aromatic N) is 1. The molecule has 1 atom stereocenters. The van der Waals surface area contributed by atoms with E-state index in [0.717, 1.165) is 47.0 Å². The van der Waals surface area contributed by atoms with Crippen molar-refractivity contribution in [3.63, 3.8) is 0 Å². The van der Waals surface area contributed by atoms with Crippen molar-refractivity contribution in [2.75, 3.05) is 13.1 Å². The molecule has 3 nitrogen and oxygen atoms in total. The van der Waals surface area contributed by atoms with Crippen molar-refractivity contribution in [1.82, 2.24) is 4.90 Å². The van der Waals surface area contributed by atoms with Gasteiger partial charge in [-0.15, -0.1) is 11.3 Å². The minimum absolute atomic E-state index is 0.543. The van der Waals surface area contributed by atoms with E-state index in [2.05, 4.69) is 49.7 Å². The molecule has 1 unspecified atom stereocenters. The monoisotopic (exact) mass is 423 g/mol. The number of aliphatic carboxylic acids is 1. The van der Waals surface area contributed by atoms with Crippen LogP contribution in [0.5, 0.6) is 0 Å². The van der Waals surface area contributed by atoms with E-state index in [1.807, 2.05) is 0 Å². The van der Waals surface area contributed by atoms with Gasteiger partial charge >= 0.3 is 5.97 Å². The summed E-state index contributed by atoms with van der Waals surface area (Å²) in [7, 11) is 0. The van der Waals surface area contributed by atoms with Crippen LogP contribution in [0.3, 0.4) is 0 Å². The van der Waals surface area contributed by atoms with E-state index in [0.29, 0.717) is 6.54 Å². The average molecular weight is 425 g/mol. The van der Waals surface area contributed by atoms with Gasteiger partial charge < -0.3 is 5.11 Å². The third kappa shape index (κ3) is 3.64. The van der Waals surface area contributed by atoms with Gasteiger partial charge in [0.2, 0.25) is 0 Å². The Labute approximate surface area is 140 Å². The van der Waals surface area contributed by atoms with Gasteiger partial charge in [0.1, 0.15) is 0 Å². The molecular formula is C14H19Br2NO2S. The maximum Gasteiger partial charge on any atom is 0.310 e. The first-order chi connectivity index (χ1) is 9.47. The van der Waals surface area contributed by atoms with Crippen LogP contribution in [0.25, 0.3) is 0 Å². The molecule has 0 saturated carbocycles. The van der Waals surface area contributed by atoms with Gasteiger partial charge in [-0.2, -0.15) is 0 Å². The number of hydrogen-bond acceptors (Lipinski definition) is 3. The molecule has 20 heavy (non-hydrogen) atoms. The lowest BCUT2D eigenvalue weighted by atomic mass is 9.76. The molecule has 6 heteroatoms. The Kier molecular flexibility index (Phi) is 5.68. The zero-order chi connectivity index (χ0) is 14.8. The Bertz CT molecular complexity index is 468. The summed E-state index contributed by atoms with van der Waals surface area (Å²) in [5.41, 5.74) is -0.543. The standard InChI is InChI=1S/C14H19Br2NO2S/c1-2-4-14(13(18)19)5-3-6-17(9-14)8-10-7-11(15)12(16)20-10/h7H,2-6,8-9H2,1H3,(H,18,19). The molecule has 2 heterocycles. The fourth-order valence-corrected chi connectivity index (χ4v) is 5.24. The molecule has 1 aromatic rings. The molecule has 1 aliphatic rings. The highest BCUT2D eigenvalue weighted by Crippen LogP contribution is 2.37. The van der Waals surface area contributed by atoms with Gasteiger partial charge in [0, 0.05) is 22.4 Å². The summed E-state index contributed by atoms with van der Waals surface area (Å²) in [6, 6.07) is 2.12. The molecule has 1 saturated heterocycles. The van der Waals surface area contributed by atoms with E-state index < -0.39 is 11.4 Å². The van der Waals surface area contributed by atoms with Gasteiger partial charge in [-0.25, -0.2) is 0 Å². The number of halogens is 2. The highest BCUT2D eigenvalue weighted by molar-refractivity contribution is 9.13. The summed E-state index contributed by atoms with van der Waals surface area (Å²) in [6.07, 6.45) is 3.48. The van der Waals surface area contributed by atoms with Crippen LogP contribution in [0.2, 0.25) is 0 Å². The van der Waals surface area contributed by atoms with E-state index in [9.17, 15) is 9.90 Å². The van der Waals surface area contributed by atoms with Crippen LogP contribution < -0.4 is 0 Å². The molecule has 0 aromatic carbocycles. The molecule has 0 amide bonds. The fourth-order valence-electron chi connectivity index (χ4n) is 3.02. The molecule has 2 rings (SSSR count). The maximum atomic E-state index is 11.7. The van der Waals surface area contributed by atoms with Gasteiger partial charge in [-0.1, -0.05) is 13.3 Å². The van der Waals surface area contributed by atoms with E-state index in [4.69, 9.17) is 0 Å². The second-order valence-electron chi connectivity index (χ2n) is 5.48. The highest BCUT2D eigenvalue weighted by Gasteiger charge is 2.41. The number of thiophene rings is 1. The summed E-state index contributed by atoms with van der Waals surface area (Å²) < 4.78 is 2.18. The summed E-state index contributed by atoms with van der Waals surface area (Å²) in [5.74, 6) is -0.627. The van der Waals surface area contributed by atoms with Crippen LogP contribution in [0, 0.1) is 5.41 Å². The quantitative estimate of drug-likeness (QED) is 0.741. The topological polar surface area (TPSA) is 40.5 Å². The lowest BCUT2D eigenvalue weighted by Gasteiger charge is -2.39. The molecule has 1 aromatic heterocycles. The van der Waals surface area contributed by atoms with E-state index in [1.165, 1.54) is 4.88 Å². The third-order valence-electron chi connectivity index (χ3n) is 3.91. The van der Waals surface area contributed by atoms with E-state index >= 15 is 0 Å². The van der Waals surface area contributed by atoms with Crippen LogP contribution in [0.4, 0.5) is 0 Å². The molecule has 1 N–H and O–H groups in total. The molecule has 0 aliphatic carbocycles. The average Bonchev–Trinajstić information content (AvgIpc) is 2.68. The van der Waals surface area contributed by atoms with E-state index in [-0.39, 0.29) is 0 Å². The van der Waals surface area contributed by atoms with Crippen molar-refractivity contribution >= 4 is 49.2 Å². The SMILES string of the molecule is CCCC1(C(=O)O)CCCN(Cc2cc(Br)c(Br)s2)C1. The normalized spacial score (nSPS) is 23.9. The molecule has 1 aliphatic heterocycles. The minimum atomic E-state index is -0.627. The summed E-state index contributed by atoms with van der Waals surface area (Å²) in [6.45, 7) is 4.57. The molecule has 0 radical (unpaired) electrons. The zero-order valence-corrected chi connectivity index (χ0v) is 15.5. The smallest absolute Gasteiger partial charge is 0.310 e. The Hall–Kier alpha value is 0.0900. The molecular weight excluding hydrogens is 406 g/mol. The van der Waals surface area contributed by atoms with Crippen molar-refractivity contribution < 1.29 is 9.90 Å². The van der Waals surface area contributed by atoms with Crippen molar-refractivity contribution in [2.45, 2.75) is 39.2 Å². The maximum absolute atomic E-state index is 11.7. The Morgan fingerprint density at radius 1 is 1.55 bits per heavy atom.